The summed E-state index contributed by atoms with van der Waals surface area (Å²) in [7, 11) is 0. The Kier molecular flexibility index (Phi) is 9.76. The van der Waals surface area contributed by atoms with E-state index in [1.165, 1.54) is 57.1 Å². The molecule has 0 aliphatic heterocycles. The molecule has 1 N–H and O–H groups in total. The summed E-state index contributed by atoms with van der Waals surface area (Å²) in [5, 5.41) is 17.2. The summed E-state index contributed by atoms with van der Waals surface area (Å²) in [5.74, 6) is -0.112. The van der Waals surface area contributed by atoms with Crippen molar-refractivity contribution in [1.29, 1.82) is 0 Å². The number of aromatic carboxylic acids is 1. The van der Waals surface area contributed by atoms with Gasteiger partial charge in [0.05, 0.1) is 23.5 Å². The van der Waals surface area contributed by atoms with E-state index in [0.29, 0.717) is 5.69 Å². The highest BCUT2D eigenvalue weighted by molar-refractivity contribution is 5.87. The van der Waals surface area contributed by atoms with Gasteiger partial charge in [0.1, 0.15) is 5.75 Å². The van der Waals surface area contributed by atoms with Crippen LogP contribution >= 0.6 is 0 Å². The molecule has 0 radical (unpaired) electrons. The highest BCUT2D eigenvalue weighted by atomic mass is 16.5. The van der Waals surface area contributed by atoms with E-state index in [1.54, 1.807) is 12.1 Å². The number of carboxylic acids is 1. The second-order valence-electron chi connectivity index (χ2n) is 6.87. The highest BCUT2D eigenvalue weighted by Gasteiger charge is 2.01. The molecule has 0 aromatic heterocycles. The Morgan fingerprint density at radius 2 is 1.29 bits per heavy atom. The van der Waals surface area contributed by atoms with Gasteiger partial charge in [-0.2, -0.15) is 10.2 Å². The van der Waals surface area contributed by atoms with E-state index < -0.39 is 5.97 Å². The minimum atomic E-state index is -0.953. The standard InChI is InChI=1S/C23H30N2O3/c1-2-3-4-5-6-7-8-9-18-28-22-16-14-21(15-17-22)25-24-20-12-10-19(11-13-20)23(26)27/h10-17H,2-9,18H2,1H3,(H,26,27). The van der Waals surface area contributed by atoms with E-state index in [9.17, 15) is 4.79 Å². The van der Waals surface area contributed by atoms with Crippen molar-refractivity contribution in [3.05, 3.63) is 54.1 Å². The summed E-state index contributed by atoms with van der Waals surface area (Å²) in [5.41, 5.74) is 1.57. The molecule has 28 heavy (non-hydrogen) atoms. The first-order valence-corrected chi connectivity index (χ1v) is 10.2. The largest absolute Gasteiger partial charge is 0.494 e. The fourth-order valence-corrected chi connectivity index (χ4v) is 2.82. The molecule has 2 aromatic carbocycles. The molecule has 0 saturated heterocycles. The van der Waals surface area contributed by atoms with Crippen LogP contribution in [0.15, 0.2) is 58.8 Å². The summed E-state index contributed by atoms with van der Waals surface area (Å²) >= 11 is 0. The van der Waals surface area contributed by atoms with Crippen LogP contribution in [0.4, 0.5) is 11.4 Å². The van der Waals surface area contributed by atoms with Gasteiger partial charge in [-0.05, 0) is 55.0 Å². The zero-order valence-electron chi connectivity index (χ0n) is 16.6. The Hall–Kier alpha value is -2.69. The van der Waals surface area contributed by atoms with Crippen molar-refractivity contribution in [1.82, 2.24) is 0 Å². The molecular weight excluding hydrogens is 352 g/mol. The van der Waals surface area contributed by atoms with E-state index in [2.05, 4.69) is 17.2 Å². The molecule has 0 atom stereocenters. The number of rotatable bonds is 13. The first-order valence-electron chi connectivity index (χ1n) is 10.2. The minimum absolute atomic E-state index is 0.233. The van der Waals surface area contributed by atoms with Crippen LogP contribution in [0.1, 0.15) is 68.6 Å². The minimum Gasteiger partial charge on any atom is -0.494 e. The number of hydrogen-bond donors (Lipinski definition) is 1. The van der Waals surface area contributed by atoms with Gasteiger partial charge in [0.15, 0.2) is 0 Å². The van der Waals surface area contributed by atoms with E-state index in [0.717, 1.165) is 24.5 Å². The summed E-state index contributed by atoms with van der Waals surface area (Å²) in [6, 6.07) is 13.8. The molecular formula is C23H30N2O3. The number of hydrogen-bond acceptors (Lipinski definition) is 4. The molecule has 5 heteroatoms. The number of ether oxygens (including phenoxy) is 1. The average molecular weight is 383 g/mol. The number of azo groups is 1. The summed E-state index contributed by atoms with van der Waals surface area (Å²) < 4.78 is 5.78. The molecule has 0 bridgehead atoms. The number of benzene rings is 2. The van der Waals surface area contributed by atoms with E-state index >= 15 is 0 Å². The second-order valence-corrected chi connectivity index (χ2v) is 6.87. The number of nitrogens with zero attached hydrogens (tertiary/aromatic N) is 2. The van der Waals surface area contributed by atoms with Crippen LogP contribution in [-0.4, -0.2) is 17.7 Å². The van der Waals surface area contributed by atoms with Crippen molar-refractivity contribution in [3.8, 4) is 5.75 Å². The lowest BCUT2D eigenvalue weighted by molar-refractivity contribution is 0.0697. The van der Waals surface area contributed by atoms with Crippen molar-refractivity contribution in [2.75, 3.05) is 6.61 Å². The van der Waals surface area contributed by atoms with E-state index in [-0.39, 0.29) is 5.56 Å². The van der Waals surface area contributed by atoms with Gasteiger partial charge in [-0.25, -0.2) is 4.79 Å². The van der Waals surface area contributed by atoms with Gasteiger partial charge in [-0.1, -0.05) is 51.9 Å². The third kappa shape index (κ3) is 8.33. The topological polar surface area (TPSA) is 71.2 Å². The van der Waals surface area contributed by atoms with Gasteiger partial charge >= 0.3 is 5.97 Å². The van der Waals surface area contributed by atoms with Gasteiger partial charge in [-0.15, -0.1) is 0 Å². The zero-order valence-corrected chi connectivity index (χ0v) is 16.6. The Morgan fingerprint density at radius 1 is 0.786 bits per heavy atom. The molecule has 0 fully saturated rings. The van der Waals surface area contributed by atoms with Crippen LogP contribution in [-0.2, 0) is 0 Å². The number of carbonyl (C=O) groups is 1. The molecule has 150 valence electrons. The summed E-state index contributed by atoms with van der Waals surface area (Å²) in [6.07, 6.45) is 10.3. The van der Waals surface area contributed by atoms with Gasteiger partial charge in [0.2, 0.25) is 0 Å². The van der Waals surface area contributed by atoms with Crippen molar-refractivity contribution < 1.29 is 14.6 Å². The molecule has 2 rings (SSSR count). The maximum Gasteiger partial charge on any atom is 0.335 e. The third-order valence-corrected chi connectivity index (χ3v) is 4.50. The molecule has 5 nitrogen and oxygen atoms in total. The quantitative estimate of drug-likeness (QED) is 0.291. The molecule has 0 amide bonds. The molecule has 0 heterocycles. The Bertz CT molecular complexity index is 725. The smallest absolute Gasteiger partial charge is 0.335 e. The van der Waals surface area contributed by atoms with Crippen LogP contribution in [0.25, 0.3) is 0 Å². The van der Waals surface area contributed by atoms with Crippen LogP contribution in [0, 0.1) is 0 Å². The molecule has 0 aliphatic carbocycles. The number of carboxylic acid groups (broad SMARTS) is 1. The Morgan fingerprint density at radius 3 is 1.82 bits per heavy atom. The maximum absolute atomic E-state index is 10.8. The molecule has 0 aliphatic rings. The zero-order chi connectivity index (χ0) is 20.0. The first-order chi connectivity index (χ1) is 13.7. The Labute approximate surface area is 167 Å². The summed E-state index contributed by atoms with van der Waals surface area (Å²) in [4.78, 5) is 10.8. The van der Waals surface area contributed by atoms with Crippen molar-refractivity contribution in [2.24, 2.45) is 10.2 Å². The normalized spacial score (nSPS) is 11.0. The lowest BCUT2D eigenvalue weighted by Crippen LogP contribution is -1.96. The third-order valence-electron chi connectivity index (χ3n) is 4.50. The van der Waals surface area contributed by atoms with Crippen molar-refractivity contribution >= 4 is 17.3 Å². The lowest BCUT2D eigenvalue weighted by Gasteiger charge is -2.06. The van der Waals surface area contributed by atoms with Crippen LogP contribution in [0.2, 0.25) is 0 Å². The van der Waals surface area contributed by atoms with E-state index in [1.807, 2.05) is 24.3 Å². The fraction of sp³-hybridized carbons (Fsp3) is 0.435. The monoisotopic (exact) mass is 382 g/mol. The average Bonchev–Trinajstić information content (AvgIpc) is 2.72. The van der Waals surface area contributed by atoms with E-state index in [4.69, 9.17) is 9.84 Å². The maximum atomic E-state index is 10.8. The van der Waals surface area contributed by atoms with Crippen LogP contribution in [0.3, 0.4) is 0 Å². The molecule has 0 spiro atoms. The Balaban J connectivity index is 1.66. The SMILES string of the molecule is CCCCCCCCCCOc1ccc(N=Nc2ccc(C(=O)O)cc2)cc1. The highest BCUT2D eigenvalue weighted by Crippen LogP contribution is 2.22. The predicted molar refractivity (Wildman–Crippen MR) is 112 cm³/mol. The lowest BCUT2D eigenvalue weighted by atomic mass is 10.1. The van der Waals surface area contributed by atoms with Gasteiger partial charge in [0.25, 0.3) is 0 Å². The number of unbranched alkanes of at least 4 members (excludes halogenated alkanes) is 7. The van der Waals surface area contributed by atoms with Gasteiger partial charge in [0, 0.05) is 0 Å². The van der Waals surface area contributed by atoms with Crippen molar-refractivity contribution in [2.45, 2.75) is 58.3 Å². The fourth-order valence-electron chi connectivity index (χ4n) is 2.82. The van der Waals surface area contributed by atoms with Gasteiger partial charge < -0.3 is 9.84 Å². The summed E-state index contributed by atoms with van der Waals surface area (Å²) in [6.45, 7) is 2.99. The predicted octanol–water partition coefficient (Wildman–Crippen LogP) is 7.32. The molecule has 0 unspecified atom stereocenters. The second kappa shape index (κ2) is 12.7. The van der Waals surface area contributed by atoms with Crippen molar-refractivity contribution in [3.63, 3.8) is 0 Å². The van der Waals surface area contributed by atoms with Crippen LogP contribution in [0.5, 0.6) is 5.75 Å². The van der Waals surface area contributed by atoms with Gasteiger partial charge in [-0.3, -0.25) is 0 Å². The first kappa shape index (κ1) is 21.6. The molecule has 2 aromatic rings. The molecule has 0 saturated carbocycles. The van der Waals surface area contributed by atoms with Crippen LogP contribution < -0.4 is 4.74 Å².